The summed E-state index contributed by atoms with van der Waals surface area (Å²) >= 11 is 0. The van der Waals surface area contributed by atoms with Crippen molar-refractivity contribution < 1.29 is 58.2 Å². The number of aliphatic carboxylic acids is 1. The number of rotatable bonds is 54. The van der Waals surface area contributed by atoms with E-state index in [1.54, 1.807) is 6.08 Å². The number of unbranched alkanes of at least 4 members (excludes halogenated alkanes) is 25. The maximum atomic E-state index is 13.1. The van der Waals surface area contributed by atoms with E-state index in [9.17, 15) is 34.5 Å². The zero-order chi connectivity index (χ0) is 58.9. The maximum absolute atomic E-state index is 13.1. The van der Waals surface area contributed by atoms with Crippen molar-refractivity contribution in [2.45, 2.75) is 302 Å². The quantitative estimate of drug-likeness (QED) is 0.0228. The van der Waals surface area contributed by atoms with Gasteiger partial charge in [-0.1, -0.05) is 259 Å². The Morgan fingerprint density at radius 2 is 0.815 bits per heavy atom. The molecule has 0 spiro atoms. The van der Waals surface area contributed by atoms with Gasteiger partial charge >= 0.3 is 23.9 Å². The summed E-state index contributed by atoms with van der Waals surface area (Å²) in [7, 11) is 0. The standard InChI is InChI=1S/C69H114O12/c1-4-7-10-13-16-19-22-25-28-30-31-33-36-39-42-45-48-51-54-57-63(72)80-67-65(74)64(73)66(68(75)76)81-69(67)78-59-60(79-62(71)56-53-50-47-44-41-38-34-27-24-21-18-15-12-9-6-3)58-77-61(70)55-52-49-46-43-40-37-35-32-29-26-23-20-17-14-11-8-5-2/h9,12,16,18-19,21,25,27-28,31,33-34,41,44,50,53,60,64-67,69,73-74H,4-8,10-11,13-15,17,20,22-24,26,29-30,32,35-40,42-43,45-49,51-52,54-59H2,1-3H3,(H,75,76)/b12-9-,19-16-,21-18-,28-25-,33-31-,34-27-,44-41-,53-50-. The molecule has 0 aromatic carbocycles. The van der Waals surface area contributed by atoms with Gasteiger partial charge in [-0.05, 0) is 83.5 Å². The molecule has 0 bridgehead atoms. The summed E-state index contributed by atoms with van der Waals surface area (Å²) in [5.41, 5.74) is 0. The first kappa shape index (κ1) is 74.7. The minimum atomic E-state index is -1.92. The second-order valence-electron chi connectivity index (χ2n) is 21.7. The van der Waals surface area contributed by atoms with E-state index in [0.29, 0.717) is 19.3 Å². The van der Waals surface area contributed by atoms with Crippen molar-refractivity contribution in [3.8, 4) is 0 Å². The predicted octanol–water partition coefficient (Wildman–Crippen LogP) is 17.2. The third-order valence-corrected chi connectivity index (χ3v) is 14.2. The van der Waals surface area contributed by atoms with Gasteiger partial charge in [-0.15, -0.1) is 0 Å². The lowest BCUT2D eigenvalue weighted by molar-refractivity contribution is -0.301. The van der Waals surface area contributed by atoms with Gasteiger partial charge in [0.1, 0.15) is 18.8 Å². The van der Waals surface area contributed by atoms with Crippen molar-refractivity contribution in [2.75, 3.05) is 13.2 Å². The molecule has 12 nitrogen and oxygen atoms in total. The van der Waals surface area contributed by atoms with Crippen LogP contribution in [-0.2, 0) is 42.9 Å². The number of ether oxygens (including phenoxy) is 5. The van der Waals surface area contributed by atoms with Crippen LogP contribution < -0.4 is 0 Å². The molecule has 0 radical (unpaired) electrons. The van der Waals surface area contributed by atoms with Crippen molar-refractivity contribution in [3.05, 3.63) is 97.2 Å². The molecule has 1 aliphatic heterocycles. The first-order valence-corrected chi connectivity index (χ1v) is 32.2. The fraction of sp³-hybridized carbons (Fsp3) is 0.710. The molecule has 0 aromatic rings. The number of hydrogen-bond donors (Lipinski definition) is 3. The Kier molecular flexibility index (Phi) is 51.7. The van der Waals surface area contributed by atoms with Gasteiger partial charge in [0.15, 0.2) is 24.6 Å². The number of aliphatic hydroxyl groups is 2. The number of carbonyl (C=O) groups is 4. The highest BCUT2D eigenvalue weighted by Gasteiger charge is 2.50. The van der Waals surface area contributed by atoms with Gasteiger partial charge in [-0.3, -0.25) is 14.4 Å². The van der Waals surface area contributed by atoms with E-state index in [1.165, 1.54) is 103 Å². The van der Waals surface area contributed by atoms with Crippen LogP contribution in [0, 0.1) is 0 Å². The number of allylic oxidation sites excluding steroid dienone is 15. The number of esters is 3. The Morgan fingerprint density at radius 1 is 0.432 bits per heavy atom. The van der Waals surface area contributed by atoms with Crippen molar-refractivity contribution in [1.29, 1.82) is 0 Å². The lowest BCUT2D eigenvalue weighted by Gasteiger charge is -2.40. The molecule has 0 aromatic heterocycles. The van der Waals surface area contributed by atoms with Crippen molar-refractivity contribution >= 4 is 23.9 Å². The molecular formula is C69H114O12. The highest BCUT2D eigenvalue weighted by Crippen LogP contribution is 2.26. The monoisotopic (exact) mass is 1130 g/mol. The average molecular weight is 1140 g/mol. The molecule has 0 saturated carbocycles. The highest BCUT2D eigenvalue weighted by atomic mass is 16.7. The number of carbonyl (C=O) groups excluding carboxylic acids is 3. The Morgan fingerprint density at radius 3 is 1.27 bits per heavy atom. The predicted molar refractivity (Wildman–Crippen MR) is 331 cm³/mol. The van der Waals surface area contributed by atoms with Crippen LogP contribution in [0.3, 0.4) is 0 Å². The smallest absolute Gasteiger partial charge is 0.335 e. The largest absolute Gasteiger partial charge is 0.479 e. The Labute approximate surface area is 492 Å². The van der Waals surface area contributed by atoms with Gasteiger partial charge in [0, 0.05) is 12.8 Å². The molecule has 3 N–H and O–H groups in total. The molecule has 462 valence electrons. The van der Waals surface area contributed by atoms with Crippen molar-refractivity contribution in [1.82, 2.24) is 0 Å². The van der Waals surface area contributed by atoms with E-state index >= 15 is 0 Å². The molecule has 1 rings (SSSR count). The lowest BCUT2D eigenvalue weighted by atomic mass is 9.98. The molecule has 0 aliphatic carbocycles. The third-order valence-electron chi connectivity index (χ3n) is 14.2. The van der Waals surface area contributed by atoms with Crippen LogP contribution in [0.1, 0.15) is 265 Å². The number of hydrogen-bond acceptors (Lipinski definition) is 11. The minimum Gasteiger partial charge on any atom is -0.479 e. The summed E-state index contributed by atoms with van der Waals surface area (Å²) in [5.74, 6) is -3.30. The SMILES string of the molecule is CC/C=C\C/C=C\C/C=C\C/C=C\C/C=C\CC(=O)OC(COC(=O)CCCCCCCCCCCCCCCCCCC)COC1OC(C(=O)O)C(O)C(O)C1OC(=O)CCCCCCCC/C=C\C/C=C\C/C=C\CCCCC. The van der Waals surface area contributed by atoms with Crippen LogP contribution in [0.5, 0.6) is 0 Å². The summed E-state index contributed by atoms with van der Waals surface area (Å²) in [5, 5.41) is 31.6. The Bertz CT molecular complexity index is 1780. The van der Waals surface area contributed by atoms with Crippen molar-refractivity contribution in [3.63, 3.8) is 0 Å². The van der Waals surface area contributed by atoms with E-state index in [1.807, 2.05) is 12.2 Å². The van der Waals surface area contributed by atoms with Gasteiger partial charge in [-0.25, -0.2) is 4.79 Å². The van der Waals surface area contributed by atoms with E-state index in [0.717, 1.165) is 103 Å². The van der Waals surface area contributed by atoms with E-state index in [-0.39, 0.29) is 25.9 Å². The molecule has 0 amide bonds. The zero-order valence-electron chi connectivity index (χ0n) is 51.0. The molecule has 6 unspecified atom stereocenters. The second kappa shape index (κ2) is 56.1. The summed E-state index contributed by atoms with van der Waals surface area (Å²) in [4.78, 5) is 51.2. The van der Waals surface area contributed by atoms with Gasteiger partial charge in [0.2, 0.25) is 0 Å². The molecule has 12 heteroatoms. The van der Waals surface area contributed by atoms with Crippen LogP contribution in [0.15, 0.2) is 97.2 Å². The Hall–Kier alpha value is -4.36. The zero-order valence-corrected chi connectivity index (χ0v) is 51.0. The fourth-order valence-corrected chi connectivity index (χ4v) is 9.27. The first-order chi connectivity index (χ1) is 39.6. The highest BCUT2D eigenvalue weighted by molar-refractivity contribution is 5.74. The molecule has 6 atom stereocenters. The molecule has 81 heavy (non-hydrogen) atoms. The number of aliphatic hydroxyl groups excluding tert-OH is 2. The van der Waals surface area contributed by atoms with Gasteiger partial charge < -0.3 is 39.0 Å². The molecular weight excluding hydrogens is 1020 g/mol. The Balaban J connectivity index is 2.71. The molecule has 1 aliphatic rings. The molecule has 1 heterocycles. The first-order valence-electron chi connectivity index (χ1n) is 32.2. The van der Waals surface area contributed by atoms with Crippen LogP contribution >= 0.6 is 0 Å². The third kappa shape index (κ3) is 45.8. The lowest BCUT2D eigenvalue weighted by Crippen LogP contribution is -2.61. The maximum Gasteiger partial charge on any atom is 0.335 e. The topological polar surface area (TPSA) is 175 Å². The van der Waals surface area contributed by atoms with Gasteiger partial charge in [-0.2, -0.15) is 0 Å². The summed E-state index contributed by atoms with van der Waals surface area (Å²) in [6.45, 7) is 5.79. The van der Waals surface area contributed by atoms with Crippen LogP contribution in [-0.4, -0.2) is 89.2 Å². The molecule has 1 fully saturated rings. The summed E-state index contributed by atoms with van der Waals surface area (Å²) in [6.07, 6.45) is 62.5. The van der Waals surface area contributed by atoms with E-state index in [2.05, 4.69) is 99.8 Å². The average Bonchev–Trinajstić information content (AvgIpc) is 3.52. The van der Waals surface area contributed by atoms with Gasteiger partial charge in [0.25, 0.3) is 0 Å². The molecule has 1 saturated heterocycles. The minimum absolute atomic E-state index is 0.0325. The fourth-order valence-electron chi connectivity index (χ4n) is 9.27. The summed E-state index contributed by atoms with van der Waals surface area (Å²) in [6, 6.07) is 0. The van der Waals surface area contributed by atoms with E-state index < -0.39 is 67.3 Å². The number of carboxylic acids is 1. The van der Waals surface area contributed by atoms with Crippen molar-refractivity contribution in [2.24, 2.45) is 0 Å². The van der Waals surface area contributed by atoms with Gasteiger partial charge in [0.05, 0.1) is 13.0 Å². The summed E-state index contributed by atoms with van der Waals surface area (Å²) < 4.78 is 28.4. The second-order valence-corrected chi connectivity index (χ2v) is 21.7. The number of carboxylic acid groups (broad SMARTS) is 1. The van der Waals surface area contributed by atoms with Crippen LogP contribution in [0.2, 0.25) is 0 Å². The van der Waals surface area contributed by atoms with Crippen LogP contribution in [0.25, 0.3) is 0 Å². The van der Waals surface area contributed by atoms with E-state index in [4.69, 9.17) is 23.7 Å². The normalized spacial score (nSPS) is 18.4. The van der Waals surface area contributed by atoms with Crippen LogP contribution in [0.4, 0.5) is 0 Å².